The van der Waals surface area contributed by atoms with Crippen LogP contribution in [0.25, 0.3) is 27.8 Å². The summed E-state index contributed by atoms with van der Waals surface area (Å²) in [6.45, 7) is 11.4. The summed E-state index contributed by atoms with van der Waals surface area (Å²) in [4.78, 5) is 42.5. The van der Waals surface area contributed by atoms with Gasteiger partial charge in [-0.15, -0.1) is 0 Å². The predicted octanol–water partition coefficient (Wildman–Crippen LogP) is 5.90. The van der Waals surface area contributed by atoms with Gasteiger partial charge in [0.05, 0.1) is 23.0 Å². The number of pyridine rings is 1. The fourth-order valence-corrected chi connectivity index (χ4v) is 6.14. The molecule has 17 heteroatoms. The van der Waals surface area contributed by atoms with Crippen molar-refractivity contribution < 1.29 is 13.4 Å². The summed E-state index contributed by atoms with van der Waals surface area (Å²) in [7, 11) is 3.11. The number of halogens is 2. The zero-order valence-corrected chi connectivity index (χ0v) is 32.2. The Balaban J connectivity index is 0.000000268. The highest BCUT2D eigenvalue weighted by Gasteiger charge is 2.22. The first-order valence-corrected chi connectivity index (χ1v) is 17.6. The van der Waals surface area contributed by atoms with Crippen molar-refractivity contribution in [1.82, 2.24) is 44.6 Å². The van der Waals surface area contributed by atoms with Crippen molar-refractivity contribution in [3.63, 3.8) is 0 Å². The van der Waals surface area contributed by atoms with Crippen LogP contribution in [0.15, 0.2) is 78.3 Å². The van der Waals surface area contributed by atoms with Crippen molar-refractivity contribution in [2.75, 3.05) is 5.32 Å². The van der Waals surface area contributed by atoms with E-state index in [0.29, 0.717) is 62.9 Å². The normalized spacial score (nSPS) is 11.5. The highest BCUT2D eigenvalue weighted by Crippen LogP contribution is 2.29. The number of rotatable bonds is 7. The summed E-state index contributed by atoms with van der Waals surface area (Å²) in [5.74, 6) is 1.45. The lowest BCUT2D eigenvalue weighted by atomic mass is 9.86. The Kier molecular flexibility index (Phi) is 10.6. The molecular formula is C38H38ClFN10O5. The number of hydrogen-bond acceptors (Lipinski definition) is 12. The molecule has 15 nitrogen and oxygen atoms in total. The van der Waals surface area contributed by atoms with Crippen LogP contribution < -0.4 is 22.0 Å². The van der Waals surface area contributed by atoms with Crippen LogP contribution in [0, 0.1) is 19.7 Å². The van der Waals surface area contributed by atoms with Crippen LogP contribution in [-0.4, -0.2) is 44.6 Å². The minimum absolute atomic E-state index is 0.0438. The van der Waals surface area contributed by atoms with Crippen molar-refractivity contribution in [2.45, 2.75) is 59.8 Å². The Morgan fingerprint density at radius 2 is 1.60 bits per heavy atom. The molecule has 0 saturated carbocycles. The molecule has 0 unspecified atom stereocenters. The van der Waals surface area contributed by atoms with Gasteiger partial charge in [-0.2, -0.15) is 20.0 Å². The van der Waals surface area contributed by atoms with Gasteiger partial charge in [0.2, 0.25) is 0 Å². The lowest BCUT2D eigenvalue weighted by molar-refractivity contribution is 0.391. The summed E-state index contributed by atoms with van der Waals surface area (Å²) in [5.41, 5.74) is 2.70. The smallest absolute Gasteiger partial charge is 0.290 e. The monoisotopic (exact) mass is 768 g/mol. The molecule has 7 aromatic rings. The van der Waals surface area contributed by atoms with Gasteiger partial charge in [-0.25, -0.2) is 18.7 Å². The Bertz CT molecular complexity index is 2740. The van der Waals surface area contributed by atoms with Crippen LogP contribution in [-0.2, 0) is 32.4 Å². The summed E-state index contributed by atoms with van der Waals surface area (Å²) in [6, 6.07) is 11.6. The third-order valence-electron chi connectivity index (χ3n) is 8.68. The number of aromatic nitrogens is 9. The van der Waals surface area contributed by atoms with E-state index in [1.165, 1.54) is 30.1 Å². The molecule has 1 aromatic carbocycles. The van der Waals surface area contributed by atoms with Crippen molar-refractivity contribution in [2.24, 2.45) is 14.1 Å². The molecule has 0 aliphatic heterocycles. The average Bonchev–Trinajstić information content (AvgIpc) is 3.74. The first-order chi connectivity index (χ1) is 26.0. The first-order valence-electron chi connectivity index (χ1n) is 17.2. The average molecular weight is 769 g/mol. The standard InChI is InChI=1S/C29H29FN6O3.C9H9ClN4O2/c1-7-21-22(24-13-17(27(37)35(6)33-24)12-20-10-16(2)39-34-20)8-9-31-26(21)36-28(38)25-18(15-32-36)11-19(14-23(25)30)29(3,4)5;1-5-3-8(13-16-5)11-6-4-7(10)12-14(2)9(6)15/h8-11,13-15H,7,12H2,1-6H3;3-4H,1-2H3,(H,11,13). The topological polar surface area (TPSA) is 182 Å². The quantitative estimate of drug-likeness (QED) is 0.203. The zero-order chi connectivity index (χ0) is 39.8. The maximum Gasteiger partial charge on any atom is 0.290 e. The molecule has 0 amide bonds. The van der Waals surface area contributed by atoms with Crippen LogP contribution in [0.5, 0.6) is 0 Å². The van der Waals surface area contributed by atoms with Crippen LogP contribution in [0.4, 0.5) is 15.9 Å². The molecular weight excluding hydrogens is 731 g/mol. The lowest BCUT2D eigenvalue weighted by Crippen LogP contribution is -2.25. The fourth-order valence-electron chi connectivity index (χ4n) is 5.92. The van der Waals surface area contributed by atoms with Crippen LogP contribution >= 0.6 is 11.6 Å². The molecule has 6 heterocycles. The van der Waals surface area contributed by atoms with E-state index in [1.807, 2.05) is 27.7 Å². The van der Waals surface area contributed by atoms with Crippen LogP contribution in [0.1, 0.15) is 61.6 Å². The maximum absolute atomic E-state index is 15.3. The van der Waals surface area contributed by atoms with Gasteiger partial charge in [0.1, 0.15) is 23.0 Å². The summed E-state index contributed by atoms with van der Waals surface area (Å²) < 4.78 is 28.8. The lowest BCUT2D eigenvalue weighted by Gasteiger charge is -2.20. The Labute approximate surface area is 318 Å². The number of benzene rings is 1. The molecule has 1 N–H and O–H groups in total. The van der Waals surface area contributed by atoms with E-state index in [0.717, 1.165) is 14.9 Å². The molecule has 55 heavy (non-hydrogen) atoms. The third-order valence-corrected chi connectivity index (χ3v) is 8.86. The summed E-state index contributed by atoms with van der Waals surface area (Å²) >= 11 is 5.74. The molecule has 0 saturated heterocycles. The van der Waals surface area contributed by atoms with Crippen molar-refractivity contribution in [3.8, 4) is 17.1 Å². The number of nitrogens with one attached hydrogen (secondary N) is 1. The van der Waals surface area contributed by atoms with Crippen molar-refractivity contribution in [1.29, 1.82) is 0 Å². The van der Waals surface area contributed by atoms with Gasteiger partial charge in [-0.1, -0.05) is 49.6 Å². The molecule has 0 aliphatic carbocycles. The van der Waals surface area contributed by atoms with Gasteiger partial charge in [0.25, 0.3) is 16.7 Å². The van der Waals surface area contributed by atoms with Gasteiger partial charge >= 0.3 is 0 Å². The highest BCUT2D eigenvalue weighted by molar-refractivity contribution is 6.29. The largest absolute Gasteiger partial charge is 0.361 e. The second-order valence-corrected chi connectivity index (χ2v) is 14.3. The third kappa shape index (κ3) is 8.13. The SMILES string of the molecule is CCc1c(-c2cc(Cc3cc(C)on3)c(=O)n(C)n2)ccnc1-n1ncc2cc(C(C)(C)C)cc(F)c2c1=O.Cc1cc(Nc2cc(Cl)nn(C)c2=O)no1. The minimum Gasteiger partial charge on any atom is -0.361 e. The van der Waals surface area contributed by atoms with Crippen molar-refractivity contribution >= 4 is 33.9 Å². The number of aryl methyl sites for hydroxylation is 4. The van der Waals surface area contributed by atoms with Gasteiger partial charge < -0.3 is 14.4 Å². The molecule has 0 fully saturated rings. The Hall–Kier alpha value is -6.29. The van der Waals surface area contributed by atoms with E-state index in [-0.39, 0.29) is 39.3 Å². The van der Waals surface area contributed by atoms with Crippen molar-refractivity contribution in [3.05, 3.63) is 131 Å². The molecule has 0 bridgehead atoms. The maximum atomic E-state index is 15.3. The molecule has 6 aromatic heterocycles. The Morgan fingerprint density at radius 1 is 0.891 bits per heavy atom. The number of hydrogen-bond donors (Lipinski definition) is 1. The minimum atomic E-state index is -0.597. The van der Waals surface area contributed by atoms with E-state index in [9.17, 15) is 14.4 Å². The zero-order valence-electron chi connectivity index (χ0n) is 31.4. The van der Waals surface area contributed by atoms with E-state index in [1.54, 1.807) is 57.4 Å². The molecule has 0 atom stereocenters. The Morgan fingerprint density at radius 3 is 2.25 bits per heavy atom. The number of nitrogens with zero attached hydrogens (tertiary/aromatic N) is 9. The van der Waals surface area contributed by atoms with Crippen LogP contribution in [0.2, 0.25) is 5.15 Å². The van der Waals surface area contributed by atoms with E-state index in [4.69, 9.17) is 20.6 Å². The van der Waals surface area contributed by atoms with E-state index < -0.39 is 11.4 Å². The van der Waals surface area contributed by atoms with Gasteiger partial charge in [0, 0.05) is 67.0 Å². The summed E-state index contributed by atoms with van der Waals surface area (Å²) in [5, 5.41) is 23.8. The van der Waals surface area contributed by atoms with E-state index in [2.05, 4.69) is 35.9 Å². The molecule has 7 rings (SSSR count). The first kappa shape index (κ1) is 38.4. The van der Waals surface area contributed by atoms with E-state index >= 15 is 4.39 Å². The second kappa shape index (κ2) is 15.2. The van der Waals surface area contributed by atoms with Gasteiger partial charge in [0.15, 0.2) is 16.8 Å². The fraction of sp³-hybridized carbons (Fsp3) is 0.289. The summed E-state index contributed by atoms with van der Waals surface area (Å²) in [6.07, 6.45) is 3.80. The van der Waals surface area contributed by atoms with Gasteiger partial charge in [-0.05, 0) is 55.5 Å². The van der Waals surface area contributed by atoms with Gasteiger partial charge in [-0.3, -0.25) is 14.4 Å². The molecule has 284 valence electrons. The second-order valence-electron chi connectivity index (χ2n) is 13.9. The molecule has 0 spiro atoms. The molecule has 0 radical (unpaired) electrons. The predicted molar refractivity (Wildman–Crippen MR) is 205 cm³/mol. The highest BCUT2D eigenvalue weighted by atomic mass is 35.5. The molecule has 0 aliphatic rings. The number of fused-ring (bicyclic) bond motifs is 1. The number of anilines is 2. The van der Waals surface area contributed by atoms with Crippen LogP contribution in [0.3, 0.4) is 0 Å².